The van der Waals surface area contributed by atoms with E-state index in [0.717, 1.165) is 0 Å². The lowest BCUT2D eigenvalue weighted by atomic mass is 10.3. The number of hydrogen-bond donors (Lipinski definition) is 2. The van der Waals surface area contributed by atoms with E-state index in [1.165, 1.54) is 6.33 Å². The van der Waals surface area contributed by atoms with Crippen molar-refractivity contribution in [2.45, 2.75) is 39.9 Å². The van der Waals surface area contributed by atoms with Gasteiger partial charge in [-0.15, -0.1) is 5.10 Å². The number of aryl methyl sites for hydroxylation is 2. The number of urea groups is 1. The van der Waals surface area contributed by atoms with Crippen LogP contribution in [0.5, 0.6) is 0 Å². The molecule has 0 aliphatic carbocycles. The Balaban J connectivity index is 1.94. The molecular formula is C11H18N8O. The smallest absolute Gasteiger partial charge is 0.321 e. The number of carbonyl (C=O) groups is 1. The molecule has 2 amide bonds. The number of rotatable bonds is 5. The predicted octanol–water partition coefficient (Wildman–Crippen LogP) is 0.792. The number of nitrogens with zero attached hydrogens (tertiary/aromatic N) is 6. The molecule has 9 heteroatoms. The molecule has 0 saturated heterocycles. The highest BCUT2D eigenvalue weighted by Gasteiger charge is 2.15. The Bertz CT molecular complexity index is 574. The molecule has 0 radical (unpaired) electrons. The Morgan fingerprint density at radius 3 is 2.85 bits per heavy atom. The number of aromatic nitrogens is 6. The van der Waals surface area contributed by atoms with Gasteiger partial charge in [0.25, 0.3) is 0 Å². The standard InChI is InChI=1S/C11H18N8O/c1-4-18-6-9(16-17-18)15-11(20)14-8(3)10-12-7-13-19(10)5-2/h6-8H,4-5H2,1-3H3,(H2,14,15,20)/t8-/m1/s1. The number of carbonyl (C=O) groups excluding carboxylic acids is 1. The maximum atomic E-state index is 11.9. The van der Waals surface area contributed by atoms with Crippen molar-refractivity contribution in [1.29, 1.82) is 0 Å². The molecule has 2 rings (SSSR count). The first-order valence-corrected chi connectivity index (χ1v) is 6.49. The lowest BCUT2D eigenvalue weighted by Gasteiger charge is -2.13. The minimum Gasteiger partial charge on any atom is -0.328 e. The van der Waals surface area contributed by atoms with E-state index in [9.17, 15) is 4.79 Å². The Hall–Kier alpha value is -2.45. The highest BCUT2D eigenvalue weighted by molar-refractivity contribution is 5.88. The minimum atomic E-state index is -0.355. The van der Waals surface area contributed by atoms with Gasteiger partial charge in [0.1, 0.15) is 12.2 Å². The minimum absolute atomic E-state index is 0.251. The molecule has 9 nitrogen and oxygen atoms in total. The molecule has 20 heavy (non-hydrogen) atoms. The van der Waals surface area contributed by atoms with E-state index >= 15 is 0 Å². The monoisotopic (exact) mass is 278 g/mol. The molecule has 1 atom stereocenters. The fraction of sp³-hybridized carbons (Fsp3) is 0.545. The number of anilines is 1. The topological polar surface area (TPSA) is 103 Å². The fourth-order valence-corrected chi connectivity index (χ4v) is 1.78. The summed E-state index contributed by atoms with van der Waals surface area (Å²) in [7, 11) is 0. The third-order valence-electron chi connectivity index (χ3n) is 2.78. The van der Waals surface area contributed by atoms with Crippen LogP contribution in [0, 0.1) is 0 Å². The summed E-state index contributed by atoms with van der Waals surface area (Å²) in [6.07, 6.45) is 3.14. The van der Waals surface area contributed by atoms with Crippen molar-refractivity contribution in [2.24, 2.45) is 0 Å². The van der Waals surface area contributed by atoms with Crippen LogP contribution < -0.4 is 10.6 Å². The number of hydrogen-bond acceptors (Lipinski definition) is 5. The second-order valence-corrected chi connectivity index (χ2v) is 4.21. The zero-order valence-electron chi connectivity index (χ0n) is 11.7. The lowest BCUT2D eigenvalue weighted by Crippen LogP contribution is -2.32. The average Bonchev–Trinajstić information content (AvgIpc) is 3.06. The van der Waals surface area contributed by atoms with Crippen molar-refractivity contribution in [3.05, 3.63) is 18.3 Å². The zero-order chi connectivity index (χ0) is 14.5. The van der Waals surface area contributed by atoms with Gasteiger partial charge in [0.05, 0.1) is 12.2 Å². The summed E-state index contributed by atoms with van der Waals surface area (Å²) in [5.41, 5.74) is 0. The molecule has 2 aromatic rings. The highest BCUT2D eigenvalue weighted by atomic mass is 16.2. The van der Waals surface area contributed by atoms with Crippen LogP contribution in [0.2, 0.25) is 0 Å². The lowest BCUT2D eigenvalue weighted by molar-refractivity contribution is 0.248. The second-order valence-electron chi connectivity index (χ2n) is 4.21. The van der Waals surface area contributed by atoms with E-state index < -0.39 is 0 Å². The van der Waals surface area contributed by atoms with Crippen molar-refractivity contribution in [2.75, 3.05) is 5.32 Å². The van der Waals surface area contributed by atoms with E-state index in [1.807, 2.05) is 20.8 Å². The van der Waals surface area contributed by atoms with E-state index in [1.54, 1.807) is 15.6 Å². The Kier molecular flexibility index (Phi) is 4.28. The summed E-state index contributed by atoms with van der Waals surface area (Å²) in [6, 6.07) is -0.607. The van der Waals surface area contributed by atoms with E-state index in [4.69, 9.17) is 0 Å². The molecule has 0 unspecified atom stereocenters. The van der Waals surface area contributed by atoms with Gasteiger partial charge >= 0.3 is 6.03 Å². The fourth-order valence-electron chi connectivity index (χ4n) is 1.78. The van der Waals surface area contributed by atoms with Gasteiger partial charge in [-0.05, 0) is 20.8 Å². The van der Waals surface area contributed by atoms with Crippen LogP contribution in [-0.4, -0.2) is 35.8 Å². The van der Waals surface area contributed by atoms with Crippen molar-refractivity contribution >= 4 is 11.8 Å². The normalized spacial score (nSPS) is 12.2. The number of nitrogens with one attached hydrogen (secondary N) is 2. The molecule has 0 spiro atoms. The molecule has 2 N–H and O–H groups in total. The average molecular weight is 278 g/mol. The zero-order valence-corrected chi connectivity index (χ0v) is 11.7. The summed E-state index contributed by atoms with van der Waals surface area (Å²) in [6.45, 7) is 7.16. The van der Waals surface area contributed by atoms with Crippen LogP contribution in [0.25, 0.3) is 0 Å². The van der Waals surface area contributed by atoms with Crippen LogP contribution in [0.1, 0.15) is 32.6 Å². The van der Waals surface area contributed by atoms with Gasteiger partial charge in [0, 0.05) is 13.1 Å². The Morgan fingerprint density at radius 2 is 2.20 bits per heavy atom. The van der Waals surface area contributed by atoms with Gasteiger partial charge in [-0.1, -0.05) is 5.21 Å². The maximum Gasteiger partial charge on any atom is 0.321 e. The Morgan fingerprint density at radius 1 is 1.40 bits per heavy atom. The first kappa shape index (κ1) is 14.0. The van der Waals surface area contributed by atoms with Gasteiger partial charge < -0.3 is 5.32 Å². The molecule has 2 heterocycles. The summed E-state index contributed by atoms with van der Waals surface area (Å²) < 4.78 is 3.37. The molecule has 0 aromatic carbocycles. The van der Waals surface area contributed by atoms with Crippen molar-refractivity contribution < 1.29 is 4.79 Å². The highest BCUT2D eigenvalue weighted by Crippen LogP contribution is 2.08. The van der Waals surface area contributed by atoms with Gasteiger partial charge in [-0.3, -0.25) is 10.00 Å². The maximum absolute atomic E-state index is 11.9. The molecule has 0 aliphatic rings. The van der Waals surface area contributed by atoms with Gasteiger partial charge in [0.2, 0.25) is 0 Å². The van der Waals surface area contributed by atoms with Crippen LogP contribution >= 0.6 is 0 Å². The largest absolute Gasteiger partial charge is 0.328 e. The van der Waals surface area contributed by atoms with Crippen LogP contribution in [0.15, 0.2) is 12.5 Å². The summed E-state index contributed by atoms with van der Waals surface area (Å²) >= 11 is 0. The molecule has 0 aliphatic heterocycles. The molecular weight excluding hydrogens is 260 g/mol. The molecule has 0 fully saturated rings. The summed E-state index contributed by atoms with van der Waals surface area (Å²) in [4.78, 5) is 16.0. The number of amides is 2. The Labute approximate surface area is 116 Å². The first-order chi connectivity index (χ1) is 9.63. The van der Waals surface area contributed by atoms with E-state index in [2.05, 4.69) is 31.0 Å². The first-order valence-electron chi connectivity index (χ1n) is 6.49. The summed E-state index contributed by atoms with van der Waals surface area (Å²) in [5, 5.41) is 17.2. The molecule has 0 bridgehead atoms. The van der Waals surface area contributed by atoms with Gasteiger partial charge in [0.15, 0.2) is 5.82 Å². The third-order valence-corrected chi connectivity index (χ3v) is 2.78. The van der Waals surface area contributed by atoms with E-state index in [-0.39, 0.29) is 12.1 Å². The van der Waals surface area contributed by atoms with Crippen molar-refractivity contribution in [1.82, 2.24) is 35.1 Å². The van der Waals surface area contributed by atoms with Crippen molar-refractivity contribution in [3.63, 3.8) is 0 Å². The van der Waals surface area contributed by atoms with Crippen LogP contribution in [0.3, 0.4) is 0 Å². The van der Waals surface area contributed by atoms with Crippen molar-refractivity contribution in [3.8, 4) is 0 Å². The van der Waals surface area contributed by atoms with Gasteiger partial charge in [-0.2, -0.15) is 5.10 Å². The van der Waals surface area contributed by atoms with Gasteiger partial charge in [-0.25, -0.2) is 14.5 Å². The quantitative estimate of drug-likeness (QED) is 0.841. The predicted molar refractivity (Wildman–Crippen MR) is 72.0 cm³/mol. The summed E-state index contributed by atoms with van der Waals surface area (Å²) in [5.74, 6) is 1.12. The molecule has 108 valence electrons. The molecule has 0 saturated carbocycles. The molecule has 2 aromatic heterocycles. The second kappa shape index (κ2) is 6.13. The third kappa shape index (κ3) is 3.11. The van der Waals surface area contributed by atoms with Crippen LogP contribution in [-0.2, 0) is 13.1 Å². The van der Waals surface area contributed by atoms with Crippen LogP contribution in [0.4, 0.5) is 10.6 Å². The SMILES string of the molecule is CCn1cc(NC(=O)N[C@H](C)c2ncnn2CC)nn1. The van der Waals surface area contributed by atoms with E-state index in [0.29, 0.717) is 24.7 Å².